The molecule has 0 fully saturated rings. The summed E-state index contributed by atoms with van der Waals surface area (Å²) in [5.74, 6) is -0.777. The summed E-state index contributed by atoms with van der Waals surface area (Å²) in [4.78, 5) is 7.91. The second-order valence-corrected chi connectivity index (χ2v) is 3.17. The van der Waals surface area contributed by atoms with Gasteiger partial charge in [-0.2, -0.15) is 0 Å². The van der Waals surface area contributed by atoms with Crippen LogP contribution in [0.4, 0.5) is 14.7 Å². The molecule has 2 rings (SSSR count). The van der Waals surface area contributed by atoms with Crippen molar-refractivity contribution in [3.05, 3.63) is 42.2 Å². The van der Waals surface area contributed by atoms with Gasteiger partial charge in [0, 0.05) is 36.6 Å². The third-order valence-corrected chi connectivity index (χ3v) is 2.12. The zero-order valence-electron chi connectivity index (χ0n) is 8.54. The van der Waals surface area contributed by atoms with Crippen molar-refractivity contribution in [3.63, 3.8) is 0 Å². The molecule has 1 heterocycles. The van der Waals surface area contributed by atoms with Crippen molar-refractivity contribution >= 4 is 5.95 Å². The molecule has 0 saturated carbocycles. The first-order valence-corrected chi connectivity index (χ1v) is 4.66. The number of aromatic nitrogens is 2. The maximum atomic E-state index is 13.4. The molecule has 1 aromatic carbocycles. The lowest BCUT2D eigenvalue weighted by atomic mass is 10.1. The van der Waals surface area contributed by atoms with E-state index in [0.29, 0.717) is 11.5 Å². The smallest absolute Gasteiger partial charge is 0.222 e. The van der Waals surface area contributed by atoms with Crippen LogP contribution < -0.4 is 5.32 Å². The van der Waals surface area contributed by atoms with Crippen LogP contribution in [0.25, 0.3) is 11.1 Å². The molecule has 0 aliphatic heterocycles. The summed E-state index contributed by atoms with van der Waals surface area (Å²) in [6.07, 6.45) is 2.96. The zero-order chi connectivity index (χ0) is 11.5. The van der Waals surface area contributed by atoms with Crippen molar-refractivity contribution in [2.75, 3.05) is 12.4 Å². The van der Waals surface area contributed by atoms with Crippen molar-refractivity contribution in [1.82, 2.24) is 9.97 Å². The number of hydrogen-bond acceptors (Lipinski definition) is 3. The van der Waals surface area contributed by atoms with E-state index in [1.165, 1.54) is 24.5 Å². The molecular formula is C11H9F2N3. The molecule has 1 aromatic heterocycles. The van der Waals surface area contributed by atoms with E-state index in [2.05, 4.69) is 15.3 Å². The van der Waals surface area contributed by atoms with Crippen LogP contribution in [-0.4, -0.2) is 17.0 Å². The summed E-state index contributed by atoms with van der Waals surface area (Å²) < 4.78 is 26.1. The Morgan fingerprint density at radius 3 is 2.38 bits per heavy atom. The zero-order valence-corrected chi connectivity index (χ0v) is 8.54. The molecule has 0 atom stereocenters. The van der Waals surface area contributed by atoms with Crippen molar-refractivity contribution < 1.29 is 8.78 Å². The van der Waals surface area contributed by atoms with Gasteiger partial charge < -0.3 is 5.32 Å². The monoisotopic (exact) mass is 221 g/mol. The molecule has 5 heteroatoms. The van der Waals surface area contributed by atoms with Crippen LogP contribution in [0.1, 0.15) is 0 Å². The molecule has 82 valence electrons. The largest absolute Gasteiger partial charge is 0.357 e. The lowest BCUT2D eigenvalue weighted by molar-refractivity contribution is 0.585. The molecule has 0 spiro atoms. The van der Waals surface area contributed by atoms with Gasteiger partial charge in [-0.05, 0) is 12.1 Å². The van der Waals surface area contributed by atoms with Crippen LogP contribution in [0.2, 0.25) is 0 Å². The lowest BCUT2D eigenvalue weighted by Gasteiger charge is -2.03. The second-order valence-electron chi connectivity index (χ2n) is 3.17. The third-order valence-electron chi connectivity index (χ3n) is 2.12. The number of rotatable bonds is 2. The first kappa shape index (κ1) is 10.5. The van der Waals surface area contributed by atoms with Gasteiger partial charge in [-0.3, -0.25) is 0 Å². The van der Waals surface area contributed by atoms with Crippen LogP contribution in [0.3, 0.4) is 0 Å². The van der Waals surface area contributed by atoms with Crippen molar-refractivity contribution in [3.8, 4) is 11.1 Å². The number of anilines is 1. The Bertz CT molecular complexity index is 497. The second kappa shape index (κ2) is 4.22. The molecule has 0 amide bonds. The first-order chi connectivity index (χ1) is 7.70. The standard InChI is InChI=1S/C11H9F2N3/c1-14-11-15-5-7(6-16-11)9-3-2-8(12)4-10(9)13/h2-6H,1H3,(H,14,15,16). The van der Waals surface area contributed by atoms with E-state index in [1.807, 2.05) is 0 Å². The van der Waals surface area contributed by atoms with Crippen LogP contribution in [-0.2, 0) is 0 Å². The normalized spacial score (nSPS) is 10.2. The van der Waals surface area contributed by atoms with E-state index in [1.54, 1.807) is 7.05 Å². The van der Waals surface area contributed by atoms with Crippen molar-refractivity contribution in [1.29, 1.82) is 0 Å². The molecule has 2 aromatic rings. The van der Waals surface area contributed by atoms with E-state index in [4.69, 9.17) is 0 Å². The topological polar surface area (TPSA) is 37.8 Å². The van der Waals surface area contributed by atoms with Crippen molar-refractivity contribution in [2.24, 2.45) is 0 Å². The highest BCUT2D eigenvalue weighted by atomic mass is 19.1. The predicted molar refractivity (Wildman–Crippen MR) is 56.9 cm³/mol. The van der Waals surface area contributed by atoms with Gasteiger partial charge in [0.2, 0.25) is 5.95 Å². The molecule has 16 heavy (non-hydrogen) atoms. The van der Waals surface area contributed by atoms with Crippen molar-refractivity contribution in [2.45, 2.75) is 0 Å². The maximum absolute atomic E-state index is 13.4. The quantitative estimate of drug-likeness (QED) is 0.846. The van der Waals surface area contributed by atoms with Gasteiger partial charge in [-0.15, -0.1) is 0 Å². The van der Waals surface area contributed by atoms with Gasteiger partial charge in [0.25, 0.3) is 0 Å². The highest BCUT2D eigenvalue weighted by Crippen LogP contribution is 2.22. The van der Waals surface area contributed by atoms with E-state index in [-0.39, 0.29) is 5.56 Å². The maximum Gasteiger partial charge on any atom is 0.222 e. The highest BCUT2D eigenvalue weighted by molar-refractivity contribution is 5.62. The number of hydrogen-bond donors (Lipinski definition) is 1. The SMILES string of the molecule is CNc1ncc(-c2ccc(F)cc2F)cn1. The molecule has 1 N–H and O–H groups in total. The predicted octanol–water partition coefficient (Wildman–Crippen LogP) is 2.46. The van der Waals surface area contributed by atoms with Crippen LogP contribution >= 0.6 is 0 Å². The van der Waals surface area contributed by atoms with Crippen LogP contribution in [0.15, 0.2) is 30.6 Å². The molecular weight excluding hydrogens is 212 g/mol. The fourth-order valence-corrected chi connectivity index (χ4v) is 1.32. The minimum Gasteiger partial charge on any atom is -0.357 e. The molecule has 0 unspecified atom stereocenters. The average Bonchev–Trinajstić information content (AvgIpc) is 2.29. The minimum atomic E-state index is -0.624. The van der Waals surface area contributed by atoms with Gasteiger partial charge in [0.1, 0.15) is 11.6 Å². The van der Waals surface area contributed by atoms with Gasteiger partial charge in [-0.25, -0.2) is 18.7 Å². The van der Waals surface area contributed by atoms with Gasteiger partial charge in [-0.1, -0.05) is 0 Å². The molecule has 0 aliphatic carbocycles. The van der Waals surface area contributed by atoms with Gasteiger partial charge >= 0.3 is 0 Å². The van der Waals surface area contributed by atoms with Crippen LogP contribution in [0.5, 0.6) is 0 Å². The van der Waals surface area contributed by atoms with E-state index < -0.39 is 11.6 Å². The summed E-state index contributed by atoms with van der Waals surface area (Å²) in [5, 5.41) is 2.75. The molecule has 3 nitrogen and oxygen atoms in total. The molecule has 0 radical (unpaired) electrons. The number of benzene rings is 1. The Hall–Kier alpha value is -2.04. The Morgan fingerprint density at radius 2 is 1.81 bits per heavy atom. The number of nitrogens with zero attached hydrogens (tertiary/aromatic N) is 2. The Balaban J connectivity index is 2.42. The summed E-state index contributed by atoms with van der Waals surface area (Å²) in [7, 11) is 1.69. The number of halogens is 2. The Morgan fingerprint density at radius 1 is 1.12 bits per heavy atom. The summed E-state index contributed by atoms with van der Waals surface area (Å²) in [6.45, 7) is 0. The summed E-state index contributed by atoms with van der Waals surface area (Å²) in [6, 6.07) is 3.40. The van der Waals surface area contributed by atoms with E-state index in [9.17, 15) is 8.78 Å². The highest BCUT2D eigenvalue weighted by Gasteiger charge is 2.07. The molecule has 0 bridgehead atoms. The average molecular weight is 221 g/mol. The van der Waals surface area contributed by atoms with Gasteiger partial charge in [0.05, 0.1) is 0 Å². The summed E-state index contributed by atoms with van der Waals surface area (Å²) in [5.41, 5.74) is 0.792. The Labute approximate surface area is 91.2 Å². The van der Waals surface area contributed by atoms with E-state index >= 15 is 0 Å². The molecule has 0 saturated heterocycles. The minimum absolute atomic E-state index is 0.282. The first-order valence-electron chi connectivity index (χ1n) is 4.66. The van der Waals surface area contributed by atoms with E-state index in [0.717, 1.165) is 6.07 Å². The summed E-state index contributed by atoms with van der Waals surface area (Å²) >= 11 is 0. The fraction of sp³-hybridized carbons (Fsp3) is 0.0909. The lowest BCUT2D eigenvalue weighted by Crippen LogP contribution is -1.96. The Kier molecular flexibility index (Phi) is 2.76. The molecule has 0 aliphatic rings. The fourth-order valence-electron chi connectivity index (χ4n) is 1.32. The van der Waals surface area contributed by atoms with Crippen LogP contribution in [0, 0.1) is 11.6 Å². The third kappa shape index (κ3) is 1.98. The van der Waals surface area contributed by atoms with Gasteiger partial charge in [0.15, 0.2) is 0 Å². The number of nitrogens with one attached hydrogen (secondary N) is 1.